The quantitative estimate of drug-likeness (QED) is 0.593. The van der Waals surface area contributed by atoms with Crippen LogP contribution in [0.15, 0.2) is 24.3 Å². The van der Waals surface area contributed by atoms with E-state index < -0.39 is 37.2 Å². The zero-order valence-corrected chi connectivity index (χ0v) is 6.39. The van der Waals surface area contributed by atoms with E-state index in [1.54, 1.807) is 0 Å². The summed E-state index contributed by atoms with van der Waals surface area (Å²) in [6.45, 7) is -1.72. The Hall–Kier alpha value is -1.08. The summed E-state index contributed by atoms with van der Waals surface area (Å²) in [7, 11) is 0. The lowest BCUT2D eigenvalue weighted by atomic mass is 10.6. The van der Waals surface area contributed by atoms with Crippen LogP contribution in [0.5, 0.6) is 0 Å². The van der Waals surface area contributed by atoms with Gasteiger partial charge in [-0.3, -0.25) is 0 Å². The van der Waals surface area contributed by atoms with Crippen molar-refractivity contribution in [1.82, 2.24) is 0 Å². The van der Waals surface area contributed by atoms with Gasteiger partial charge in [0.1, 0.15) is 6.67 Å². The lowest BCUT2D eigenvalue weighted by Crippen LogP contribution is -1.99. The van der Waals surface area contributed by atoms with Crippen LogP contribution in [0.1, 0.15) is 0 Å². The van der Waals surface area contributed by atoms with Crippen molar-refractivity contribution in [3.63, 3.8) is 0 Å². The zero-order valence-electron chi connectivity index (χ0n) is 6.39. The first-order chi connectivity index (χ1) is 6.24. The topological polar surface area (TPSA) is 0 Å². The average molecular weight is 228 g/mol. The van der Waals surface area contributed by atoms with Crippen LogP contribution in [0.3, 0.4) is 0 Å². The van der Waals surface area contributed by atoms with Crippen molar-refractivity contribution in [2.75, 3.05) is 6.67 Å². The summed E-state index contributed by atoms with van der Waals surface area (Å²) in [5.41, 5.74) is 0. The predicted octanol–water partition coefficient (Wildman–Crippen LogP) is 4.07. The molecule has 0 aliphatic carbocycles. The molecule has 0 saturated heterocycles. The Morgan fingerprint density at radius 2 is 1.50 bits per heavy atom. The van der Waals surface area contributed by atoms with E-state index in [1.165, 1.54) is 0 Å². The van der Waals surface area contributed by atoms with Gasteiger partial charge in [0, 0.05) is 6.08 Å². The summed E-state index contributed by atoms with van der Waals surface area (Å²) in [5.74, 6) is -1.99. The van der Waals surface area contributed by atoms with E-state index in [0.29, 0.717) is 0 Å². The van der Waals surface area contributed by atoms with Crippen LogP contribution in [-0.2, 0) is 0 Å². The molecule has 0 aliphatic heterocycles. The third-order valence-electron chi connectivity index (χ3n) is 0.574. The van der Waals surface area contributed by atoms with Gasteiger partial charge >= 0.3 is 12.3 Å². The van der Waals surface area contributed by atoms with Crippen molar-refractivity contribution >= 4 is 0 Å². The van der Waals surface area contributed by atoms with Gasteiger partial charge in [0.15, 0.2) is 5.83 Å². The molecule has 0 bridgehead atoms. The Balaban J connectivity index is 0. The second kappa shape index (κ2) is 7.34. The Labute approximate surface area is 73.5 Å². The van der Waals surface area contributed by atoms with Crippen LogP contribution >= 0.6 is 0 Å². The van der Waals surface area contributed by atoms with Crippen LogP contribution in [-0.4, -0.2) is 12.9 Å². The van der Waals surface area contributed by atoms with Crippen LogP contribution in [0.4, 0.5) is 35.1 Å². The highest BCUT2D eigenvalue weighted by Crippen LogP contribution is 2.15. The molecule has 0 atom stereocenters. The van der Waals surface area contributed by atoms with Crippen LogP contribution in [0.25, 0.3) is 0 Å². The third-order valence-corrected chi connectivity index (χ3v) is 0.574. The van der Waals surface area contributed by atoms with Crippen LogP contribution in [0, 0.1) is 0 Å². The fourth-order valence-corrected chi connectivity index (χ4v) is 0.122. The molecule has 0 aromatic heterocycles. The maximum atomic E-state index is 11.0. The fourth-order valence-electron chi connectivity index (χ4n) is 0.122. The van der Waals surface area contributed by atoms with Gasteiger partial charge in [-0.2, -0.15) is 22.0 Å². The van der Waals surface area contributed by atoms with Crippen molar-refractivity contribution in [2.45, 2.75) is 6.18 Å². The predicted molar refractivity (Wildman–Crippen MR) is 32.6 cm³/mol. The van der Waals surface area contributed by atoms with Crippen molar-refractivity contribution in [1.29, 1.82) is 0 Å². The van der Waals surface area contributed by atoms with Gasteiger partial charge in [0.05, 0.1) is 6.33 Å². The highest BCUT2D eigenvalue weighted by atomic mass is 19.4. The van der Waals surface area contributed by atoms with Crippen molar-refractivity contribution < 1.29 is 35.1 Å². The SMILES string of the molecule is F/C=C\C(F)(F)F.FCC(F)=C(F)F. The van der Waals surface area contributed by atoms with Gasteiger partial charge < -0.3 is 0 Å². The van der Waals surface area contributed by atoms with Gasteiger partial charge in [-0.25, -0.2) is 13.2 Å². The molecule has 0 rings (SSSR count). The van der Waals surface area contributed by atoms with Crippen molar-refractivity contribution in [3.8, 4) is 0 Å². The molecular formula is C6H4F8. The first-order valence-electron chi connectivity index (χ1n) is 2.84. The summed E-state index contributed by atoms with van der Waals surface area (Å²) in [6, 6.07) is 0. The van der Waals surface area contributed by atoms with E-state index in [0.717, 1.165) is 0 Å². The van der Waals surface area contributed by atoms with E-state index >= 15 is 0 Å². The van der Waals surface area contributed by atoms with Gasteiger partial charge in [-0.1, -0.05) is 0 Å². The molecule has 0 fully saturated rings. The molecule has 0 aromatic rings. The third kappa shape index (κ3) is 13.5. The summed E-state index contributed by atoms with van der Waals surface area (Å²) in [5, 5.41) is 0. The molecule has 0 radical (unpaired) electrons. The van der Waals surface area contributed by atoms with E-state index in [9.17, 15) is 35.1 Å². The minimum atomic E-state index is -4.51. The second-order valence-corrected chi connectivity index (χ2v) is 1.63. The summed E-state index contributed by atoms with van der Waals surface area (Å²) < 4.78 is 85.9. The summed E-state index contributed by atoms with van der Waals surface area (Å²) >= 11 is 0. The Morgan fingerprint density at radius 1 is 1.07 bits per heavy atom. The van der Waals surface area contributed by atoms with Crippen molar-refractivity contribution in [3.05, 3.63) is 24.3 Å². The second-order valence-electron chi connectivity index (χ2n) is 1.63. The van der Waals surface area contributed by atoms with Crippen LogP contribution < -0.4 is 0 Å². The first-order valence-corrected chi connectivity index (χ1v) is 2.84. The van der Waals surface area contributed by atoms with Gasteiger partial charge in [0.2, 0.25) is 0 Å². The molecular weight excluding hydrogens is 224 g/mol. The maximum Gasteiger partial charge on any atom is 0.411 e. The maximum absolute atomic E-state index is 11.0. The lowest BCUT2D eigenvalue weighted by molar-refractivity contribution is -0.0805. The largest absolute Gasteiger partial charge is 0.411 e. The van der Waals surface area contributed by atoms with Gasteiger partial charge in [0.25, 0.3) is 0 Å². The molecule has 0 nitrogen and oxygen atoms in total. The molecule has 0 saturated carbocycles. The van der Waals surface area contributed by atoms with E-state index in [2.05, 4.69) is 0 Å². The van der Waals surface area contributed by atoms with E-state index in [-0.39, 0.29) is 0 Å². The number of halogens is 8. The Kier molecular flexibility index (Phi) is 8.07. The molecule has 0 spiro atoms. The minimum Gasteiger partial charge on any atom is -0.243 e. The Morgan fingerprint density at radius 3 is 1.50 bits per heavy atom. The molecule has 0 aromatic carbocycles. The minimum absolute atomic E-state index is 0.479. The van der Waals surface area contributed by atoms with Crippen LogP contribution in [0.2, 0.25) is 0 Å². The Bertz CT molecular complexity index is 196. The zero-order chi connectivity index (χ0) is 11.8. The molecule has 0 unspecified atom stereocenters. The van der Waals surface area contributed by atoms with Gasteiger partial charge in [-0.15, -0.1) is 0 Å². The van der Waals surface area contributed by atoms with Crippen molar-refractivity contribution in [2.24, 2.45) is 0 Å². The molecule has 0 aliphatic rings. The standard InChI is InChI=1S/2C3H2F4/c4-1-2(5)3(6)7;4-2-1-3(5,6)7/h1H2;1-2H/b;2-1-. The van der Waals surface area contributed by atoms with E-state index in [4.69, 9.17) is 0 Å². The highest BCUT2D eigenvalue weighted by molar-refractivity contribution is 4.90. The number of hydrogen-bond acceptors (Lipinski definition) is 0. The summed E-state index contributed by atoms with van der Waals surface area (Å²) in [4.78, 5) is 0. The molecule has 84 valence electrons. The normalized spacial score (nSPS) is 10.9. The van der Waals surface area contributed by atoms with E-state index in [1.807, 2.05) is 0 Å². The molecule has 0 heterocycles. The first kappa shape index (κ1) is 15.4. The molecule has 14 heavy (non-hydrogen) atoms. The molecule has 8 heteroatoms. The lowest BCUT2D eigenvalue weighted by Gasteiger charge is -1.92. The smallest absolute Gasteiger partial charge is 0.243 e. The monoisotopic (exact) mass is 228 g/mol. The number of hydrogen-bond donors (Lipinski definition) is 0. The number of allylic oxidation sites excluding steroid dienone is 2. The van der Waals surface area contributed by atoms with Gasteiger partial charge in [-0.05, 0) is 0 Å². The highest BCUT2D eigenvalue weighted by Gasteiger charge is 2.21. The molecule has 0 N–H and O–H groups in total. The fraction of sp³-hybridized carbons (Fsp3) is 0.333. The molecule has 0 amide bonds. The number of alkyl halides is 4. The summed E-state index contributed by atoms with van der Waals surface area (Å²) in [6.07, 6.45) is -8.11. The average Bonchev–Trinajstić information content (AvgIpc) is 2.01. The number of rotatable bonds is 1.